The number of aromatic carboxylic acids is 1. The van der Waals surface area contributed by atoms with E-state index < -0.39 is 11.9 Å². The zero-order valence-electron chi connectivity index (χ0n) is 13.7. The van der Waals surface area contributed by atoms with Crippen LogP contribution in [0.15, 0.2) is 60.7 Å². The molecule has 0 aliphatic rings. The standard InChI is InChI=1S/C20H16ClNO4/c21-15-6-4-13(5-7-15)18-10-8-16(9-11-19(23)24)22(18)17-3-1-2-14(12-17)20(25)26/h1-8,10,12H,9,11H2,(H,23,24)(H,25,26). The van der Waals surface area contributed by atoms with Crippen LogP contribution < -0.4 is 0 Å². The van der Waals surface area contributed by atoms with E-state index in [0.717, 1.165) is 17.0 Å². The fourth-order valence-corrected chi connectivity index (χ4v) is 2.96. The van der Waals surface area contributed by atoms with Gasteiger partial charge in [-0.25, -0.2) is 4.79 Å². The highest BCUT2D eigenvalue weighted by Crippen LogP contribution is 2.29. The molecule has 0 radical (unpaired) electrons. The van der Waals surface area contributed by atoms with Crippen LogP contribution in [0.2, 0.25) is 5.02 Å². The maximum atomic E-state index is 11.3. The number of carbonyl (C=O) groups is 2. The van der Waals surface area contributed by atoms with Crippen LogP contribution in [-0.4, -0.2) is 26.7 Å². The minimum Gasteiger partial charge on any atom is -0.481 e. The van der Waals surface area contributed by atoms with Crippen molar-refractivity contribution in [2.24, 2.45) is 0 Å². The molecule has 6 heteroatoms. The molecule has 0 spiro atoms. The Morgan fingerprint density at radius 1 is 0.962 bits per heavy atom. The quantitative estimate of drug-likeness (QED) is 0.669. The number of aromatic nitrogens is 1. The lowest BCUT2D eigenvalue weighted by Crippen LogP contribution is -2.06. The molecule has 26 heavy (non-hydrogen) atoms. The Labute approximate surface area is 155 Å². The number of hydrogen-bond donors (Lipinski definition) is 2. The van der Waals surface area contributed by atoms with Gasteiger partial charge in [0.2, 0.25) is 0 Å². The van der Waals surface area contributed by atoms with Crippen molar-refractivity contribution in [3.63, 3.8) is 0 Å². The van der Waals surface area contributed by atoms with E-state index in [-0.39, 0.29) is 12.0 Å². The van der Waals surface area contributed by atoms with Gasteiger partial charge >= 0.3 is 11.9 Å². The first-order chi connectivity index (χ1) is 12.5. The second-order valence-electron chi connectivity index (χ2n) is 5.80. The van der Waals surface area contributed by atoms with E-state index in [1.54, 1.807) is 30.3 Å². The number of aryl methyl sites for hydroxylation is 1. The van der Waals surface area contributed by atoms with Crippen LogP contribution in [0, 0.1) is 0 Å². The lowest BCUT2D eigenvalue weighted by molar-refractivity contribution is -0.136. The van der Waals surface area contributed by atoms with E-state index in [2.05, 4.69) is 0 Å². The number of halogens is 1. The van der Waals surface area contributed by atoms with Gasteiger partial charge in [0.05, 0.1) is 17.7 Å². The average Bonchev–Trinajstić information content (AvgIpc) is 3.04. The highest BCUT2D eigenvalue weighted by atomic mass is 35.5. The zero-order valence-corrected chi connectivity index (χ0v) is 14.5. The monoisotopic (exact) mass is 369 g/mol. The SMILES string of the molecule is O=C(O)CCc1ccc(-c2ccc(Cl)cc2)n1-c1cccc(C(=O)O)c1. The number of nitrogens with zero attached hydrogens (tertiary/aromatic N) is 1. The van der Waals surface area contributed by atoms with Gasteiger partial charge in [-0.15, -0.1) is 0 Å². The van der Waals surface area contributed by atoms with E-state index >= 15 is 0 Å². The second-order valence-corrected chi connectivity index (χ2v) is 6.24. The number of aliphatic carboxylic acids is 1. The van der Waals surface area contributed by atoms with Gasteiger partial charge in [0.15, 0.2) is 0 Å². The normalized spacial score (nSPS) is 10.7. The molecule has 0 saturated heterocycles. The van der Waals surface area contributed by atoms with Crippen molar-refractivity contribution < 1.29 is 19.8 Å². The summed E-state index contributed by atoms with van der Waals surface area (Å²) in [6, 6.07) is 17.6. The Balaban J connectivity index is 2.14. The predicted molar refractivity (Wildman–Crippen MR) is 99.1 cm³/mol. The summed E-state index contributed by atoms with van der Waals surface area (Å²) in [6.07, 6.45) is 0.322. The molecule has 0 aliphatic carbocycles. The molecule has 5 nitrogen and oxygen atoms in total. The summed E-state index contributed by atoms with van der Waals surface area (Å²) >= 11 is 5.96. The van der Waals surface area contributed by atoms with Gasteiger partial charge in [-0.3, -0.25) is 4.79 Å². The summed E-state index contributed by atoms with van der Waals surface area (Å²) in [4.78, 5) is 22.3. The molecule has 2 N–H and O–H groups in total. The van der Waals surface area contributed by atoms with Crippen LogP contribution in [0.4, 0.5) is 0 Å². The van der Waals surface area contributed by atoms with Crippen molar-refractivity contribution in [1.82, 2.24) is 4.57 Å². The minimum atomic E-state index is -1.01. The average molecular weight is 370 g/mol. The first-order valence-corrected chi connectivity index (χ1v) is 8.35. The third-order valence-corrected chi connectivity index (χ3v) is 4.30. The summed E-state index contributed by atoms with van der Waals surface area (Å²) < 4.78 is 1.89. The van der Waals surface area contributed by atoms with Crippen molar-refractivity contribution in [2.75, 3.05) is 0 Å². The smallest absolute Gasteiger partial charge is 0.335 e. The third kappa shape index (κ3) is 3.78. The van der Waals surface area contributed by atoms with E-state index in [4.69, 9.17) is 16.7 Å². The van der Waals surface area contributed by atoms with Gasteiger partial charge in [0.25, 0.3) is 0 Å². The summed E-state index contributed by atoms with van der Waals surface area (Å²) in [5.74, 6) is -1.90. The Kier molecular flexibility index (Phi) is 5.09. The summed E-state index contributed by atoms with van der Waals surface area (Å²) in [5.41, 5.74) is 3.36. The molecule has 0 bridgehead atoms. The first-order valence-electron chi connectivity index (χ1n) is 7.98. The third-order valence-electron chi connectivity index (χ3n) is 4.05. The lowest BCUT2D eigenvalue weighted by Gasteiger charge is -2.14. The highest BCUT2D eigenvalue weighted by molar-refractivity contribution is 6.30. The molecule has 0 atom stereocenters. The van der Waals surface area contributed by atoms with Crippen molar-refractivity contribution >= 4 is 23.5 Å². The highest BCUT2D eigenvalue weighted by Gasteiger charge is 2.14. The number of benzene rings is 2. The molecule has 1 aromatic heterocycles. The molecule has 1 heterocycles. The summed E-state index contributed by atoms with van der Waals surface area (Å²) in [7, 11) is 0. The second kappa shape index (κ2) is 7.45. The Morgan fingerprint density at radius 2 is 1.69 bits per heavy atom. The van der Waals surface area contributed by atoms with Crippen LogP contribution in [0.1, 0.15) is 22.5 Å². The van der Waals surface area contributed by atoms with Gasteiger partial charge in [0.1, 0.15) is 0 Å². The largest absolute Gasteiger partial charge is 0.481 e. The van der Waals surface area contributed by atoms with Gasteiger partial charge in [0, 0.05) is 16.4 Å². The molecule has 0 amide bonds. The van der Waals surface area contributed by atoms with Crippen molar-refractivity contribution in [2.45, 2.75) is 12.8 Å². The Hall–Kier alpha value is -3.05. The number of rotatable bonds is 6. The van der Waals surface area contributed by atoms with Crippen LogP contribution in [0.5, 0.6) is 0 Å². The van der Waals surface area contributed by atoms with Crippen LogP contribution in [0.3, 0.4) is 0 Å². The number of carboxylic acids is 2. The van der Waals surface area contributed by atoms with E-state index in [0.29, 0.717) is 17.1 Å². The molecule has 132 valence electrons. The topological polar surface area (TPSA) is 79.5 Å². The van der Waals surface area contributed by atoms with E-state index in [9.17, 15) is 14.7 Å². The van der Waals surface area contributed by atoms with Crippen LogP contribution in [0.25, 0.3) is 16.9 Å². The van der Waals surface area contributed by atoms with E-state index in [1.807, 2.05) is 28.8 Å². The Bertz CT molecular complexity index is 960. The van der Waals surface area contributed by atoms with Crippen LogP contribution in [-0.2, 0) is 11.2 Å². The maximum absolute atomic E-state index is 11.3. The molecule has 0 unspecified atom stereocenters. The number of carboxylic acid groups (broad SMARTS) is 2. The number of hydrogen-bond acceptors (Lipinski definition) is 2. The fourth-order valence-electron chi connectivity index (χ4n) is 2.84. The van der Waals surface area contributed by atoms with Crippen molar-refractivity contribution in [1.29, 1.82) is 0 Å². The molecular weight excluding hydrogens is 354 g/mol. The van der Waals surface area contributed by atoms with Gasteiger partial charge in [-0.1, -0.05) is 29.8 Å². The van der Waals surface area contributed by atoms with E-state index in [1.165, 1.54) is 6.07 Å². The molecule has 3 aromatic rings. The van der Waals surface area contributed by atoms with Crippen molar-refractivity contribution in [3.05, 3.63) is 76.9 Å². The van der Waals surface area contributed by atoms with Gasteiger partial charge in [-0.05, 0) is 54.4 Å². The Morgan fingerprint density at radius 3 is 2.35 bits per heavy atom. The molecule has 2 aromatic carbocycles. The van der Waals surface area contributed by atoms with Crippen molar-refractivity contribution in [3.8, 4) is 16.9 Å². The van der Waals surface area contributed by atoms with Crippen LogP contribution >= 0.6 is 11.6 Å². The summed E-state index contributed by atoms with van der Waals surface area (Å²) in [5, 5.41) is 18.9. The lowest BCUT2D eigenvalue weighted by atomic mass is 10.1. The fraction of sp³-hybridized carbons (Fsp3) is 0.100. The minimum absolute atomic E-state index is 0.0112. The molecular formula is C20H16ClNO4. The molecule has 0 saturated carbocycles. The predicted octanol–water partition coefficient (Wildman–Crippen LogP) is 4.51. The van der Waals surface area contributed by atoms with Gasteiger partial charge in [-0.2, -0.15) is 0 Å². The maximum Gasteiger partial charge on any atom is 0.335 e. The zero-order chi connectivity index (χ0) is 18.7. The molecule has 3 rings (SSSR count). The first kappa shape index (κ1) is 17.8. The molecule has 0 fully saturated rings. The van der Waals surface area contributed by atoms with Gasteiger partial charge < -0.3 is 14.8 Å². The molecule has 0 aliphatic heterocycles. The summed E-state index contributed by atoms with van der Waals surface area (Å²) in [6.45, 7) is 0.